The van der Waals surface area contributed by atoms with E-state index in [4.69, 9.17) is 4.74 Å². The first-order chi connectivity index (χ1) is 13.6. The van der Waals surface area contributed by atoms with Crippen molar-refractivity contribution in [3.8, 4) is 5.75 Å². The van der Waals surface area contributed by atoms with Crippen molar-refractivity contribution < 1.29 is 19.1 Å². The van der Waals surface area contributed by atoms with Crippen molar-refractivity contribution in [2.45, 2.75) is 0 Å². The summed E-state index contributed by atoms with van der Waals surface area (Å²) in [6.07, 6.45) is 0. The van der Waals surface area contributed by atoms with Gasteiger partial charge >= 0.3 is 0 Å². The molecule has 0 saturated carbocycles. The Kier molecular flexibility index (Phi) is 4.53. The molecule has 1 aliphatic rings. The van der Waals surface area contributed by atoms with Crippen molar-refractivity contribution in [1.29, 1.82) is 0 Å². The standard InChI is InChI=1S/C22H18N2O4/c1-28-16-10-8-15(9-11-16)20(25)23-12-13-24-21(26)17-6-2-4-14-5-3-7-18(19(14)17)22(24)27/h2-11H,12-13H2,1H3,(H,23,25). The summed E-state index contributed by atoms with van der Waals surface area (Å²) in [5, 5.41) is 4.31. The minimum atomic E-state index is -0.340. The monoisotopic (exact) mass is 374 g/mol. The van der Waals surface area contributed by atoms with Crippen LogP contribution in [0.5, 0.6) is 5.75 Å². The zero-order valence-electron chi connectivity index (χ0n) is 15.3. The maximum Gasteiger partial charge on any atom is 0.261 e. The lowest BCUT2D eigenvalue weighted by Crippen LogP contribution is -2.44. The lowest BCUT2D eigenvalue weighted by Gasteiger charge is -2.27. The highest BCUT2D eigenvalue weighted by atomic mass is 16.5. The fourth-order valence-corrected chi connectivity index (χ4v) is 3.41. The van der Waals surface area contributed by atoms with Crippen LogP contribution in [-0.2, 0) is 0 Å². The second kappa shape index (κ2) is 7.15. The highest BCUT2D eigenvalue weighted by molar-refractivity contribution is 6.25. The van der Waals surface area contributed by atoms with Crippen molar-refractivity contribution in [3.63, 3.8) is 0 Å². The van der Waals surface area contributed by atoms with Crippen LogP contribution in [0.25, 0.3) is 10.8 Å². The molecule has 0 aliphatic carbocycles. The summed E-state index contributed by atoms with van der Waals surface area (Å²) in [5.41, 5.74) is 1.50. The van der Waals surface area contributed by atoms with Gasteiger partial charge in [-0.25, -0.2) is 0 Å². The second-order valence-corrected chi connectivity index (χ2v) is 6.46. The van der Waals surface area contributed by atoms with Crippen molar-refractivity contribution in [2.75, 3.05) is 20.2 Å². The fourth-order valence-electron chi connectivity index (χ4n) is 3.41. The predicted octanol–water partition coefficient (Wildman–Crippen LogP) is 2.87. The van der Waals surface area contributed by atoms with E-state index in [0.29, 0.717) is 27.8 Å². The van der Waals surface area contributed by atoms with Gasteiger partial charge in [0, 0.05) is 35.2 Å². The largest absolute Gasteiger partial charge is 0.497 e. The molecule has 3 aromatic rings. The maximum atomic E-state index is 12.8. The summed E-state index contributed by atoms with van der Waals surface area (Å²) in [7, 11) is 1.56. The summed E-state index contributed by atoms with van der Waals surface area (Å²) in [6.45, 7) is 0.269. The number of hydrogen-bond acceptors (Lipinski definition) is 4. The lowest BCUT2D eigenvalue weighted by atomic mass is 9.94. The molecule has 28 heavy (non-hydrogen) atoms. The van der Waals surface area contributed by atoms with Gasteiger partial charge in [-0.1, -0.05) is 24.3 Å². The van der Waals surface area contributed by atoms with Crippen molar-refractivity contribution >= 4 is 28.5 Å². The number of nitrogens with zero attached hydrogens (tertiary/aromatic N) is 1. The average molecular weight is 374 g/mol. The molecule has 1 aliphatic heterocycles. The van der Waals surface area contributed by atoms with Crippen LogP contribution in [0.15, 0.2) is 60.7 Å². The third kappa shape index (κ3) is 2.99. The molecule has 0 atom stereocenters. The highest BCUT2D eigenvalue weighted by Crippen LogP contribution is 2.29. The number of rotatable bonds is 5. The summed E-state index contributed by atoms with van der Waals surface area (Å²) in [4.78, 5) is 39.1. The molecule has 1 heterocycles. The van der Waals surface area contributed by atoms with Gasteiger partial charge in [0.1, 0.15) is 5.75 Å². The van der Waals surface area contributed by atoms with Crippen LogP contribution in [0.2, 0.25) is 0 Å². The number of methoxy groups -OCH3 is 1. The van der Waals surface area contributed by atoms with Gasteiger partial charge in [-0.15, -0.1) is 0 Å². The molecule has 4 rings (SSSR count). The first kappa shape index (κ1) is 17.7. The van der Waals surface area contributed by atoms with Crippen molar-refractivity contribution in [2.24, 2.45) is 0 Å². The molecule has 6 nitrogen and oxygen atoms in total. The summed E-state index contributed by atoms with van der Waals surface area (Å²) >= 11 is 0. The number of amides is 3. The van der Waals surface area contributed by atoms with Crippen molar-refractivity contribution in [3.05, 3.63) is 77.4 Å². The van der Waals surface area contributed by atoms with Crippen LogP contribution in [0.1, 0.15) is 31.1 Å². The lowest BCUT2D eigenvalue weighted by molar-refractivity contribution is 0.0607. The SMILES string of the molecule is COc1ccc(C(=O)NCCN2C(=O)c3cccc4cccc(c34)C2=O)cc1. The minimum Gasteiger partial charge on any atom is -0.497 e. The van der Waals surface area contributed by atoms with Crippen LogP contribution in [0, 0.1) is 0 Å². The maximum absolute atomic E-state index is 12.8. The van der Waals surface area contributed by atoms with Gasteiger partial charge in [0.2, 0.25) is 0 Å². The van der Waals surface area contributed by atoms with Crippen molar-refractivity contribution in [1.82, 2.24) is 10.2 Å². The zero-order valence-corrected chi connectivity index (χ0v) is 15.3. The molecule has 6 heteroatoms. The topological polar surface area (TPSA) is 75.7 Å². The first-order valence-corrected chi connectivity index (χ1v) is 8.90. The van der Waals surface area contributed by atoms with Gasteiger partial charge in [0.25, 0.3) is 17.7 Å². The molecule has 3 amide bonds. The minimum absolute atomic E-state index is 0.101. The Bertz CT molecular complexity index is 1040. The molecule has 0 aromatic heterocycles. The Morgan fingerprint density at radius 1 is 0.929 bits per heavy atom. The van der Waals surface area contributed by atoms with Crippen LogP contribution >= 0.6 is 0 Å². The number of hydrogen-bond donors (Lipinski definition) is 1. The molecule has 0 unspecified atom stereocenters. The first-order valence-electron chi connectivity index (χ1n) is 8.90. The summed E-state index contributed by atoms with van der Waals surface area (Å²) < 4.78 is 5.07. The molecule has 0 radical (unpaired) electrons. The number of nitrogens with one attached hydrogen (secondary N) is 1. The quantitative estimate of drug-likeness (QED) is 0.697. The molecular formula is C22H18N2O4. The van der Waals surface area contributed by atoms with Crippen LogP contribution in [0.3, 0.4) is 0 Å². The number of carbonyl (C=O) groups is 3. The molecule has 1 N–H and O–H groups in total. The van der Waals surface area contributed by atoms with Gasteiger partial charge in [0.05, 0.1) is 7.11 Å². The highest BCUT2D eigenvalue weighted by Gasteiger charge is 2.32. The second-order valence-electron chi connectivity index (χ2n) is 6.46. The average Bonchev–Trinajstić information content (AvgIpc) is 2.74. The molecule has 140 valence electrons. The number of imide groups is 1. The molecular weight excluding hydrogens is 356 g/mol. The van der Waals surface area contributed by atoms with E-state index in [2.05, 4.69) is 5.32 Å². The normalized spacial score (nSPS) is 13.0. The molecule has 0 fully saturated rings. The van der Waals surface area contributed by atoms with Crippen LogP contribution in [0.4, 0.5) is 0 Å². The summed E-state index contributed by atoms with van der Waals surface area (Å²) in [5.74, 6) is -0.294. The van der Waals surface area contributed by atoms with Gasteiger partial charge in [-0.05, 0) is 41.8 Å². The Balaban J connectivity index is 1.47. The fraction of sp³-hybridized carbons (Fsp3) is 0.136. The van der Waals surface area contributed by atoms with E-state index in [-0.39, 0.29) is 30.8 Å². The number of carbonyl (C=O) groups excluding carboxylic acids is 3. The Hall–Kier alpha value is -3.67. The Labute approximate surface area is 161 Å². The number of ether oxygens (including phenoxy) is 1. The zero-order chi connectivity index (χ0) is 19.7. The van der Waals surface area contributed by atoms with E-state index in [1.807, 2.05) is 12.1 Å². The van der Waals surface area contributed by atoms with E-state index in [9.17, 15) is 14.4 Å². The molecule has 0 saturated heterocycles. The molecule has 0 spiro atoms. The smallest absolute Gasteiger partial charge is 0.261 e. The van der Waals surface area contributed by atoms with E-state index < -0.39 is 0 Å². The van der Waals surface area contributed by atoms with Gasteiger partial charge in [-0.3, -0.25) is 19.3 Å². The van der Waals surface area contributed by atoms with Gasteiger partial charge in [-0.2, -0.15) is 0 Å². The van der Waals surface area contributed by atoms with E-state index in [1.165, 1.54) is 4.90 Å². The third-order valence-corrected chi connectivity index (χ3v) is 4.83. The summed E-state index contributed by atoms with van der Waals surface area (Å²) in [6, 6.07) is 17.5. The predicted molar refractivity (Wildman–Crippen MR) is 105 cm³/mol. The molecule has 0 bridgehead atoms. The Morgan fingerprint density at radius 3 is 2.11 bits per heavy atom. The van der Waals surface area contributed by atoms with E-state index in [0.717, 1.165) is 5.39 Å². The van der Waals surface area contributed by atoms with E-state index >= 15 is 0 Å². The van der Waals surface area contributed by atoms with Gasteiger partial charge in [0.15, 0.2) is 0 Å². The molecule has 3 aromatic carbocycles. The van der Waals surface area contributed by atoms with E-state index in [1.54, 1.807) is 55.6 Å². The van der Waals surface area contributed by atoms with Crippen LogP contribution in [-0.4, -0.2) is 42.8 Å². The Morgan fingerprint density at radius 2 is 1.54 bits per heavy atom. The van der Waals surface area contributed by atoms with Crippen LogP contribution < -0.4 is 10.1 Å². The van der Waals surface area contributed by atoms with Gasteiger partial charge < -0.3 is 10.1 Å². The third-order valence-electron chi connectivity index (χ3n) is 4.83. The number of benzene rings is 3.